The first-order chi connectivity index (χ1) is 10.1. The predicted molar refractivity (Wildman–Crippen MR) is 82.9 cm³/mol. The Balaban J connectivity index is 2.14. The van der Waals surface area contributed by atoms with Gasteiger partial charge in [0.1, 0.15) is 5.82 Å². The lowest BCUT2D eigenvalue weighted by Crippen LogP contribution is -2.15. The van der Waals surface area contributed by atoms with E-state index in [-0.39, 0.29) is 5.56 Å². The molecule has 0 aromatic heterocycles. The average Bonchev–Trinajstić information content (AvgIpc) is 2.48. The summed E-state index contributed by atoms with van der Waals surface area (Å²) in [6.07, 6.45) is 0. The number of halogens is 1. The van der Waals surface area contributed by atoms with Crippen LogP contribution in [0, 0.1) is 12.7 Å². The third-order valence-electron chi connectivity index (χ3n) is 3.20. The van der Waals surface area contributed by atoms with E-state index >= 15 is 0 Å². The van der Waals surface area contributed by atoms with Crippen LogP contribution in [0.25, 0.3) is 0 Å². The molecule has 0 saturated heterocycles. The second-order valence-electron chi connectivity index (χ2n) is 4.87. The Kier molecular flexibility index (Phi) is 5.06. The lowest BCUT2D eigenvalue weighted by Gasteiger charge is -2.09. The van der Waals surface area contributed by atoms with E-state index in [0.717, 1.165) is 18.7 Å². The van der Waals surface area contributed by atoms with E-state index in [1.54, 1.807) is 25.1 Å². The Morgan fingerprint density at radius 1 is 1.19 bits per heavy atom. The summed E-state index contributed by atoms with van der Waals surface area (Å²) in [5, 5.41) is 5.96. The normalized spacial score (nSPS) is 10.4. The maximum absolute atomic E-state index is 13.9. The molecule has 1 amide bonds. The summed E-state index contributed by atoms with van der Waals surface area (Å²) in [6, 6.07) is 12.3. The Labute approximate surface area is 124 Å². The van der Waals surface area contributed by atoms with Crippen LogP contribution in [0.2, 0.25) is 0 Å². The van der Waals surface area contributed by atoms with Gasteiger partial charge in [0, 0.05) is 12.2 Å². The summed E-state index contributed by atoms with van der Waals surface area (Å²) in [7, 11) is 0. The van der Waals surface area contributed by atoms with Gasteiger partial charge in [-0.15, -0.1) is 0 Å². The summed E-state index contributed by atoms with van der Waals surface area (Å²) >= 11 is 0. The number of benzene rings is 2. The van der Waals surface area contributed by atoms with Crippen molar-refractivity contribution in [3.05, 3.63) is 65.0 Å². The fourth-order valence-electron chi connectivity index (χ4n) is 2.05. The lowest BCUT2D eigenvalue weighted by atomic mass is 10.1. The topological polar surface area (TPSA) is 41.1 Å². The first kappa shape index (κ1) is 15.2. The van der Waals surface area contributed by atoms with Crippen LogP contribution in [0.5, 0.6) is 0 Å². The molecular weight excluding hydrogens is 267 g/mol. The van der Waals surface area contributed by atoms with Crippen molar-refractivity contribution in [1.29, 1.82) is 0 Å². The summed E-state index contributed by atoms with van der Waals surface area (Å²) in [5.74, 6) is -0.907. The van der Waals surface area contributed by atoms with Gasteiger partial charge in [-0.05, 0) is 42.8 Å². The zero-order valence-corrected chi connectivity index (χ0v) is 12.2. The Hall–Kier alpha value is -2.20. The van der Waals surface area contributed by atoms with Gasteiger partial charge in [0.25, 0.3) is 5.91 Å². The van der Waals surface area contributed by atoms with Crippen LogP contribution in [-0.2, 0) is 6.54 Å². The molecule has 2 aromatic carbocycles. The van der Waals surface area contributed by atoms with Crippen LogP contribution in [0.4, 0.5) is 10.1 Å². The highest BCUT2D eigenvalue weighted by atomic mass is 19.1. The molecule has 0 aliphatic carbocycles. The minimum absolute atomic E-state index is 0.0621. The third kappa shape index (κ3) is 3.89. The Morgan fingerprint density at radius 2 is 1.95 bits per heavy atom. The van der Waals surface area contributed by atoms with Crippen molar-refractivity contribution >= 4 is 11.6 Å². The van der Waals surface area contributed by atoms with E-state index in [4.69, 9.17) is 0 Å². The van der Waals surface area contributed by atoms with Gasteiger partial charge in [-0.1, -0.05) is 31.2 Å². The molecular formula is C17H19FN2O. The predicted octanol–water partition coefficient (Wildman–Crippen LogP) is 3.50. The van der Waals surface area contributed by atoms with Crippen molar-refractivity contribution < 1.29 is 9.18 Å². The number of rotatable bonds is 5. The monoisotopic (exact) mass is 286 g/mol. The first-order valence-corrected chi connectivity index (χ1v) is 6.98. The first-order valence-electron chi connectivity index (χ1n) is 6.98. The zero-order valence-electron chi connectivity index (χ0n) is 12.2. The van der Waals surface area contributed by atoms with Gasteiger partial charge in [-0.3, -0.25) is 4.79 Å². The molecule has 0 aliphatic heterocycles. The standard InChI is InChI=1S/C17H19FN2O/c1-3-19-11-13-7-5-8-14(10-13)20-17(21)15-9-4-6-12(2)16(15)18/h4-10,19H,3,11H2,1-2H3,(H,20,21). The second kappa shape index (κ2) is 6.99. The average molecular weight is 286 g/mol. The van der Waals surface area contributed by atoms with Gasteiger partial charge in [0.2, 0.25) is 0 Å². The van der Waals surface area contributed by atoms with Crippen LogP contribution in [-0.4, -0.2) is 12.5 Å². The molecule has 0 spiro atoms. The maximum atomic E-state index is 13.9. The van der Waals surface area contributed by atoms with Crippen LogP contribution in [0.15, 0.2) is 42.5 Å². The van der Waals surface area contributed by atoms with Gasteiger partial charge in [-0.25, -0.2) is 4.39 Å². The highest BCUT2D eigenvalue weighted by Crippen LogP contribution is 2.16. The molecule has 2 N–H and O–H groups in total. The number of aryl methyl sites for hydroxylation is 1. The number of carbonyl (C=O) groups excluding carboxylic acids is 1. The summed E-state index contributed by atoms with van der Waals surface area (Å²) in [6.45, 7) is 5.29. The number of amides is 1. The van der Waals surface area contributed by atoms with Crippen LogP contribution in [0.3, 0.4) is 0 Å². The summed E-state index contributed by atoms with van der Waals surface area (Å²) in [4.78, 5) is 12.1. The highest BCUT2D eigenvalue weighted by Gasteiger charge is 2.13. The van der Waals surface area contributed by atoms with Gasteiger partial charge < -0.3 is 10.6 Å². The summed E-state index contributed by atoms with van der Waals surface area (Å²) in [5.41, 5.74) is 2.26. The molecule has 3 nitrogen and oxygen atoms in total. The second-order valence-corrected chi connectivity index (χ2v) is 4.87. The van der Waals surface area contributed by atoms with E-state index < -0.39 is 11.7 Å². The molecule has 0 aliphatic rings. The molecule has 0 radical (unpaired) electrons. The molecule has 0 saturated carbocycles. The third-order valence-corrected chi connectivity index (χ3v) is 3.20. The smallest absolute Gasteiger partial charge is 0.258 e. The molecule has 0 heterocycles. The largest absolute Gasteiger partial charge is 0.322 e. The van der Waals surface area contributed by atoms with Crippen molar-refractivity contribution in [3.63, 3.8) is 0 Å². The van der Waals surface area contributed by atoms with Crippen LogP contribution < -0.4 is 10.6 Å². The number of carbonyl (C=O) groups is 1. The van der Waals surface area contributed by atoms with E-state index in [0.29, 0.717) is 11.3 Å². The zero-order chi connectivity index (χ0) is 15.2. The van der Waals surface area contributed by atoms with Crippen molar-refractivity contribution in [2.75, 3.05) is 11.9 Å². The van der Waals surface area contributed by atoms with Gasteiger partial charge in [0.15, 0.2) is 0 Å². The molecule has 2 rings (SSSR count). The minimum atomic E-state index is -0.473. The molecule has 4 heteroatoms. The van der Waals surface area contributed by atoms with Crippen molar-refractivity contribution in [2.24, 2.45) is 0 Å². The van der Waals surface area contributed by atoms with E-state index in [2.05, 4.69) is 10.6 Å². The van der Waals surface area contributed by atoms with Crippen LogP contribution >= 0.6 is 0 Å². The number of anilines is 1. The lowest BCUT2D eigenvalue weighted by molar-refractivity contribution is 0.102. The Morgan fingerprint density at radius 3 is 2.71 bits per heavy atom. The molecule has 2 aromatic rings. The van der Waals surface area contributed by atoms with Crippen LogP contribution in [0.1, 0.15) is 28.4 Å². The summed E-state index contributed by atoms with van der Waals surface area (Å²) < 4.78 is 13.9. The van der Waals surface area contributed by atoms with Crippen molar-refractivity contribution in [2.45, 2.75) is 20.4 Å². The SMILES string of the molecule is CCNCc1cccc(NC(=O)c2cccc(C)c2F)c1. The number of hydrogen-bond acceptors (Lipinski definition) is 2. The molecule has 0 atom stereocenters. The quantitative estimate of drug-likeness (QED) is 0.883. The van der Waals surface area contributed by atoms with Gasteiger partial charge in [0.05, 0.1) is 5.56 Å². The number of hydrogen-bond donors (Lipinski definition) is 2. The molecule has 0 fully saturated rings. The molecule has 110 valence electrons. The van der Waals surface area contributed by atoms with Gasteiger partial charge >= 0.3 is 0 Å². The fraction of sp³-hybridized carbons (Fsp3) is 0.235. The highest BCUT2D eigenvalue weighted by molar-refractivity contribution is 6.04. The van der Waals surface area contributed by atoms with Gasteiger partial charge in [-0.2, -0.15) is 0 Å². The van der Waals surface area contributed by atoms with Crippen molar-refractivity contribution in [3.8, 4) is 0 Å². The molecule has 21 heavy (non-hydrogen) atoms. The minimum Gasteiger partial charge on any atom is -0.322 e. The van der Waals surface area contributed by atoms with Crippen molar-refractivity contribution in [1.82, 2.24) is 5.32 Å². The molecule has 0 bridgehead atoms. The van der Waals surface area contributed by atoms with E-state index in [1.165, 1.54) is 6.07 Å². The maximum Gasteiger partial charge on any atom is 0.258 e. The Bertz CT molecular complexity index is 640. The fourth-order valence-corrected chi connectivity index (χ4v) is 2.05. The number of nitrogens with one attached hydrogen (secondary N) is 2. The van der Waals surface area contributed by atoms with E-state index in [9.17, 15) is 9.18 Å². The van der Waals surface area contributed by atoms with E-state index in [1.807, 2.05) is 25.1 Å². The molecule has 0 unspecified atom stereocenters.